The molecule has 1 N–H and O–H groups in total. The summed E-state index contributed by atoms with van der Waals surface area (Å²) < 4.78 is 5.34. The van der Waals surface area contributed by atoms with E-state index in [1.165, 1.54) is 19.3 Å². The molecule has 2 aliphatic rings. The summed E-state index contributed by atoms with van der Waals surface area (Å²) in [6, 6.07) is 0.350. The number of aliphatic carboxylic acids is 1. The average molecular weight is 298 g/mol. The molecule has 6 heteroatoms. The molecule has 0 bridgehead atoms. The van der Waals surface area contributed by atoms with Crippen LogP contribution in [-0.4, -0.2) is 65.3 Å². The van der Waals surface area contributed by atoms with Crippen molar-refractivity contribution in [1.29, 1.82) is 0 Å². The lowest BCUT2D eigenvalue weighted by molar-refractivity contribution is -0.160. The summed E-state index contributed by atoms with van der Waals surface area (Å²) in [5.41, 5.74) is -0.521. The van der Waals surface area contributed by atoms with E-state index in [0.29, 0.717) is 25.0 Å². The summed E-state index contributed by atoms with van der Waals surface area (Å²) in [6.45, 7) is 4.68. The summed E-state index contributed by atoms with van der Waals surface area (Å²) in [7, 11) is 1.88. The van der Waals surface area contributed by atoms with E-state index in [-0.39, 0.29) is 12.6 Å². The predicted octanol–water partition coefficient (Wildman–Crippen LogP) is 1.79. The van der Waals surface area contributed by atoms with Crippen molar-refractivity contribution in [3.05, 3.63) is 0 Å². The molecule has 0 aromatic rings. The quantitative estimate of drug-likeness (QED) is 0.859. The highest BCUT2D eigenvalue weighted by atomic mass is 16.5. The van der Waals surface area contributed by atoms with Crippen molar-refractivity contribution in [1.82, 2.24) is 9.80 Å². The number of carbonyl (C=O) groups excluding carboxylic acids is 1. The second-order valence-corrected chi connectivity index (χ2v) is 6.71. The monoisotopic (exact) mass is 298 g/mol. The Morgan fingerprint density at radius 1 is 1.33 bits per heavy atom. The Morgan fingerprint density at radius 2 is 1.95 bits per heavy atom. The summed E-state index contributed by atoms with van der Waals surface area (Å²) in [5, 5.41) is 8.65. The van der Waals surface area contributed by atoms with Crippen molar-refractivity contribution in [2.24, 2.45) is 5.92 Å². The molecule has 2 atom stereocenters. The van der Waals surface area contributed by atoms with E-state index in [1.807, 2.05) is 18.9 Å². The maximum Gasteiger partial charge on any atom is 0.329 e. The number of ether oxygens (including phenoxy) is 1. The normalized spacial score (nSPS) is 27.9. The van der Waals surface area contributed by atoms with Gasteiger partial charge < -0.3 is 19.6 Å². The van der Waals surface area contributed by atoms with E-state index in [2.05, 4.69) is 6.92 Å². The number of carboxylic acid groups (broad SMARTS) is 1. The highest BCUT2D eigenvalue weighted by Crippen LogP contribution is 2.30. The van der Waals surface area contributed by atoms with Gasteiger partial charge in [0.2, 0.25) is 0 Å². The van der Waals surface area contributed by atoms with Gasteiger partial charge in [-0.25, -0.2) is 9.59 Å². The van der Waals surface area contributed by atoms with Gasteiger partial charge in [-0.3, -0.25) is 0 Å². The molecule has 0 spiro atoms. The molecule has 1 aliphatic carbocycles. The number of likely N-dealkylation sites (tertiary alicyclic amines) is 1. The van der Waals surface area contributed by atoms with Gasteiger partial charge in [0.1, 0.15) is 12.2 Å². The Labute approximate surface area is 126 Å². The van der Waals surface area contributed by atoms with E-state index in [4.69, 9.17) is 9.84 Å². The fourth-order valence-corrected chi connectivity index (χ4v) is 3.46. The van der Waals surface area contributed by atoms with Gasteiger partial charge in [-0.15, -0.1) is 0 Å². The highest BCUT2D eigenvalue weighted by Gasteiger charge is 2.44. The standard InChI is InChI=1S/C15H26N2O4/c1-11-6-4-5-7-12(11)16(3)14(20)17-9-15(2,10-17)21-8-13(18)19/h11-12H,4-10H2,1-3H3,(H,18,19). The smallest absolute Gasteiger partial charge is 0.329 e. The van der Waals surface area contributed by atoms with Crippen molar-refractivity contribution in [2.45, 2.75) is 51.2 Å². The SMILES string of the molecule is CC1CCCCC1N(C)C(=O)N1CC(C)(OCC(=O)O)C1. The Balaban J connectivity index is 1.83. The molecule has 0 aromatic carbocycles. The minimum Gasteiger partial charge on any atom is -0.480 e. The Kier molecular flexibility index (Phi) is 4.76. The molecule has 2 amide bonds. The van der Waals surface area contributed by atoms with E-state index >= 15 is 0 Å². The third-order valence-electron chi connectivity index (χ3n) is 4.73. The molecule has 2 rings (SSSR count). The van der Waals surface area contributed by atoms with Crippen LogP contribution in [0.15, 0.2) is 0 Å². The highest BCUT2D eigenvalue weighted by molar-refractivity contribution is 5.76. The van der Waals surface area contributed by atoms with Gasteiger partial charge in [0.15, 0.2) is 0 Å². The average Bonchev–Trinajstić information content (AvgIpc) is 2.41. The molecular formula is C15H26N2O4. The summed E-state index contributed by atoms with van der Waals surface area (Å²) in [4.78, 5) is 26.6. The van der Waals surface area contributed by atoms with Crippen LogP contribution in [0.5, 0.6) is 0 Å². The van der Waals surface area contributed by atoms with Gasteiger partial charge in [-0.1, -0.05) is 19.8 Å². The fourth-order valence-electron chi connectivity index (χ4n) is 3.46. The number of rotatable bonds is 4. The fraction of sp³-hybridized carbons (Fsp3) is 0.867. The number of carbonyl (C=O) groups is 2. The lowest BCUT2D eigenvalue weighted by atomic mass is 9.85. The van der Waals surface area contributed by atoms with Crippen LogP contribution in [0.25, 0.3) is 0 Å². The molecule has 1 heterocycles. The second-order valence-electron chi connectivity index (χ2n) is 6.71. The largest absolute Gasteiger partial charge is 0.480 e. The first-order valence-electron chi connectivity index (χ1n) is 7.70. The number of carboxylic acids is 1. The molecular weight excluding hydrogens is 272 g/mol. The summed E-state index contributed by atoms with van der Waals surface area (Å²) in [6.07, 6.45) is 4.70. The van der Waals surface area contributed by atoms with Crippen molar-refractivity contribution in [3.63, 3.8) is 0 Å². The molecule has 2 fully saturated rings. The molecule has 0 radical (unpaired) electrons. The first-order valence-corrected chi connectivity index (χ1v) is 7.70. The molecule has 1 saturated heterocycles. The molecule has 6 nitrogen and oxygen atoms in total. The molecule has 1 saturated carbocycles. The Morgan fingerprint density at radius 3 is 2.52 bits per heavy atom. The molecule has 120 valence electrons. The first-order chi connectivity index (χ1) is 9.82. The zero-order valence-corrected chi connectivity index (χ0v) is 13.2. The maximum atomic E-state index is 12.5. The number of hydrogen-bond donors (Lipinski definition) is 1. The van der Waals surface area contributed by atoms with Crippen LogP contribution in [0.3, 0.4) is 0 Å². The van der Waals surface area contributed by atoms with Crippen LogP contribution in [0.1, 0.15) is 39.5 Å². The zero-order valence-electron chi connectivity index (χ0n) is 13.2. The lowest BCUT2D eigenvalue weighted by Gasteiger charge is -2.49. The predicted molar refractivity (Wildman–Crippen MR) is 78.1 cm³/mol. The van der Waals surface area contributed by atoms with Crippen LogP contribution in [0.2, 0.25) is 0 Å². The molecule has 2 unspecified atom stereocenters. The zero-order chi connectivity index (χ0) is 15.6. The number of hydrogen-bond acceptors (Lipinski definition) is 3. The molecule has 0 aromatic heterocycles. The molecule has 1 aliphatic heterocycles. The Hall–Kier alpha value is -1.30. The lowest BCUT2D eigenvalue weighted by Crippen LogP contribution is -2.66. The van der Waals surface area contributed by atoms with E-state index in [9.17, 15) is 9.59 Å². The van der Waals surface area contributed by atoms with E-state index in [1.54, 1.807) is 4.90 Å². The van der Waals surface area contributed by atoms with Gasteiger partial charge in [-0.05, 0) is 25.7 Å². The van der Waals surface area contributed by atoms with Crippen molar-refractivity contribution in [2.75, 3.05) is 26.7 Å². The summed E-state index contributed by atoms with van der Waals surface area (Å²) >= 11 is 0. The maximum absolute atomic E-state index is 12.5. The van der Waals surface area contributed by atoms with Gasteiger partial charge in [0.25, 0.3) is 0 Å². The number of urea groups is 1. The van der Waals surface area contributed by atoms with Crippen molar-refractivity contribution in [3.8, 4) is 0 Å². The summed E-state index contributed by atoms with van der Waals surface area (Å²) in [5.74, 6) is -0.433. The van der Waals surface area contributed by atoms with Crippen LogP contribution in [0, 0.1) is 5.92 Å². The van der Waals surface area contributed by atoms with Crippen LogP contribution in [0.4, 0.5) is 4.79 Å². The Bertz CT molecular complexity index is 406. The first kappa shape index (κ1) is 16.1. The number of amides is 2. The third kappa shape index (κ3) is 3.67. The minimum atomic E-state index is -0.978. The van der Waals surface area contributed by atoms with Crippen LogP contribution < -0.4 is 0 Å². The van der Waals surface area contributed by atoms with Crippen molar-refractivity contribution >= 4 is 12.0 Å². The third-order valence-corrected chi connectivity index (χ3v) is 4.73. The molecule has 21 heavy (non-hydrogen) atoms. The topological polar surface area (TPSA) is 70.1 Å². The van der Waals surface area contributed by atoms with Crippen LogP contribution >= 0.6 is 0 Å². The van der Waals surface area contributed by atoms with E-state index in [0.717, 1.165) is 6.42 Å². The number of nitrogens with zero attached hydrogens (tertiary/aromatic N) is 2. The van der Waals surface area contributed by atoms with Crippen molar-refractivity contribution < 1.29 is 19.4 Å². The van der Waals surface area contributed by atoms with Gasteiger partial charge in [0.05, 0.1) is 13.1 Å². The van der Waals surface area contributed by atoms with Gasteiger partial charge in [-0.2, -0.15) is 0 Å². The van der Waals surface area contributed by atoms with Crippen LogP contribution in [-0.2, 0) is 9.53 Å². The van der Waals surface area contributed by atoms with Gasteiger partial charge >= 0.3 is 12.0 Å². The van der Waals surface area contributed by atoms with E-state index < -0.39 is 11.6 Å². The minimum absolute atomic E-state index is 0.0325. The second kappa shape index (κ2) is 6.22. The van der Waals surface area contributed by atoms with Gasteiger partial charge in [0, 0.05) is 13.1 Å².